The van der Waals surface area contributed by atoms with E-state index in [9.17, 15) is 0 Å². The van der Waals surface area contributed by atoms with Gasteiger partial charge in [0.25, 0.3) is 0 Å². The number of hydrogen-bond acceptors (Lipinski definition) is 3. The Bertz CT molecular complexity index is 107. The summed E-state index contributed by atoms with van der Waals surface area (Å²) < 4.78 is 0. The Morgan fingerprint density at radius 3 is 2.92 bits per heavy atom. The largest absolute Gasteiger partial charge is 0.329 e. The molecule has 0 aliphatic rings. The fourth-order valence-electron chi connectivity index (χ4n) is 1.03. The van der Waals surface area contributed by atoms with Gasteiger partial charge in [0.05, 0.1) is 0 Å². The molecule has 0 saturated heterocycles. The second kappa shape index (κ2) is 9.10. The van der Waals surface area contributed by atoms with Crippen LogP contribution in [-0.4, -0.2) is 31.1 Å². The number of thioether (sulfide) groups is 1. The van der Waals surface area contributed by atoms with E-state index in [1.54, 1.807) is 0 Å². The van der Waals surface area contributed by atoms with Crippen LogP contribution in [0.2, 0.25) is 0 Å². The topological polar surface area (TPSA) is 38.0 Å². The Hall–Kier alpha value is 0.0100. The van der Waals surface area contributed by atoms with E-state index in [0.717, 1.165) is 13.1 Å². The van der Waals surface area contributed by atoms with Gasteiger partial charge in [0.1, 0.15) is 0 Å². The van der Waals surface area contributed by atoms with Gasteiger partial charge in [-0.05, 0) is 24.9 Å². The third kappa shape index (κ3) is 6.70. The molecule has 0 fully saturated rings. The zero-order valence-corrected chi connectivity index (χ0v) is 8.70. The lowest BCUT2D eigenvalue weighted by Crippen LogP contribution is -2.36. The van der Waals surface area contributed by atoms with Crippen molar-refractivity contribution in [3.63, 3.8) is 0 Å². The van der Waals surface area contributed by atoms with E-state index in [1.807, 2.05) is 17.8 Å². The van der Waals surface area contributed by atoms with Crippen LogP contribution in [0.3, 0.4) is 0 Å². The average Bonchev–Trinajstić information content (AvgIpc) is 2.11. The van der Waals surface area contributed by atoms with Gasteiger partial charge in [-0.25, -0.2) is 0 Å². The van der Waals surface area contributed by atoms with Gasteiger partial charge in [0, 0.05) is 19.1 Å². The molecular formula is C9H20N2S. The summed E-state index contributed by atoms with van der Waals surface area (Å²) in [5, 5.41) is 3.33. The predicted molar refractivity (Wildman–Crippen MR) is 58.7 cm³/mol. The molecule has 1 atom stereocenters. The molecule has 1 unspecified atom stereocenters. The molecule has 0 aromatic heterocycles. The Labute approximate surface area is 80.0 Å². The molecule has 0 aromatic rings. The zero-order valence-electron chi connectivity index (χ0n) is 7.88. The number of hydrogen-bond donors (Lipinski definition) is 2. The van der Waals surface area contributed by atoms with Crippen LogP contribution in [0.5, 0.6) is 0 Å². The molecule has 0 heterocycles. The molecule has 0 saturated carbocycles. The molecule has 12 heavy (non-hydrogen) atoms. The molecule has 0 aliphatic carbocycles. The van der Waals surface area contributed by atoms with E-state index in [-0.39, 0.29) is 0 Å². The fourth-order valence-corrected chi connectivity index (χ4v) is 1.48. The van der Waals surface area contributed by atoms with Gasteiger partial charge in [-0.2, -0.15) is 11.8 Å². The van der Waals surface area contributed by atoms with Crippen molar-refractivity contribution in [3.05, 3.63) is 12.7 Å². The molecule has 0 amide bonds. The lowest BCUT2D eigenvalue weighted by atomic mass is 10.2. The Kier molecular flexibility index (Phi) is 9.11. The quantitative estimate of drug-likeness (QED) is 0.444. The van der Waals surface area contributed by atoms with Crippen LogP contribution >= 0.6 is 11.8 Å². The minimum Gasteiger partial charge on any atom is -0.329 e. The number of rotatable bonds is 8. The van der Waals surface area contributed by atoms with Gasteiger partial charge in [0.2, 0.25) is 0 Å². The predicted octanol–water partition coefficient (Wildman–Crippen LogP) is 1.23. The van der Waals surface area contributed by atoms with Gasteiger partial charge < -0.3 is 11.1 Å². The monoisotopic (exact) mass is 188 g/mol. The molecule has 3 heteroatoms. The number of nitrogens with two attached hydrogens (primary N) is 1. The first-order valence-corrected chi connectivity index (χ1v) is 5.77. The molecule has 0 bridgehead atoms. The minimum absolute atomic E-state index is 0.468. The lowest BCUT2D eigenvalue weighted by Gasteiger charge is -2.14. The second-order valence-electron chi connectivity index (χ2n) is 2.76. The minimum atomic E-state index is 0.468. The van der Waals surface area contributed by atoms with Crippen molar-refractivity contribution < 1.29 is 0 Å². The summed E-state index contributed by atoms with van der Waals surface area (Å²) >= 11 is 1.89. The summed E-state index contributed by atoms with van der Waals surface area (Å²) in [7, 11) is 0. The summed E-state index contributed by atoms with van der Waals surface area (Å²) in [4.78, 5) is 0. The van der Waals surface area contributed by atoms with Crippen LogP contribution in [0.1, 0.15) is 12.8 Å². The van der Waals surface area contributed by atoms with Crippen LogP contribution in [-0.2, 0) is 0 Å². The summed E-state index contributed by atoms with van der Waals surface area (Å²) in [6, 6.07) is 0.468. The highest BCUT2D eigenvalue weighted by molar-refractivity contribution is 7.98. The molecule has 0 spiro atoms. The molecule has 0 aliphatic heterocycles. The van der Waals surface area contributed by atoms with E-state index in [2.05, 4.69) is 18.2 Å². The van der Waals surface area contributed by atoms with E-state index >= 15 is 0 Å². The van der Waals surface area contributed by atoms with Crippen molar-refractivity contribution >= 4 is 11.8 Å². The Morgan fingerprint density at radius 2 is 2.42 bits per heavy atom. The van der Waals surface area contributed by atoms with E-state index in [1.165, 1.54) is 18.6 Å². The first kappa shape index (κ1) is 12.0. The van der Waals surface area contributed by atoms with E-state index in [4.69, 9.17) is 5.73 Å². The zero-order chi connectivity index (χ0) is 9.23. The maximum atomic E-state index is 5.59. The Morgan fingerprint density at radius 1 is 1.67 bits per heavy atom. The maximum Gasteiger partial charge on any atom is 0.0193 e. The fraction of sp³-hybridized carbons (Fsp3) is 0.778. The summed E-state index contributed by atoms with van der Waals surface area (Å²) in [6.45, 7) is 5.24. The highest BCUT2D eigenvalue weighted by atomic mass is 32.2. The van der Waals surface area contributed by atoms with Crippen molar-refractivity contribution in [2.75, 3.05) is 25.1 Å². The van der Waals surface area contributed by atoms with Crippen LogP contribution in [0, 0.1) is 0 Å². The van der Waals surface area contributed by atoms with Crippen LogP contribution < -0.4 is 11.1 Å². The van der Waals surface area contributed by atoms with Crippen molar-refractivity contribution in [2.24, 2.45) is 5.73 Å². The van der Waals surface area contributed by atoms with Gasteiger partial charge in [-0.3, -0.25) is 0 Å². The molecule has 2 nitrogen and oxygen atoms in total. The second-order valence-corrected chi connectivity index (χ2v) is 3.75. The van der Waals surface area contributed by atoms with Crippen LogP contribution in [0.25, 0.3) is 0 Å². The van der Waals surface area contributed by atoms with Crippen molar-refractivity contribution in [2.45, 2.75) is 18.9 Å². The standard InChI is InChI=1S/C9H20N2S/c1-3-6-11-9(8-10)5-4-7-12-2/h3,9,11H,1,4-8,10H2,2H3. The van der Waals surface area contributed by atoms with Crippen molar-refractivity contribution in [3.8, 4) is 0 Å². The Balaban J connectivity index is 3.32. The molecule has 0 radical (unpaired) electrons. The van der Waals surface area contributed by atoms with Crippen molar-refractivity contribution in [1.29, 1.82) is 0 Å². The lowest BCUT2D eigenvalue weighted by molar-refractivity contribution is 0.508. The molecule has 72 valence electrons. The third-order valence-corrected chi connectivity index (χ3v) is 2.43. The molecule has 3 N–H and O–H groups in total. The maximum absolute atomic E-state index is 5.59. The normalized spacial score (nSPS) is 12.8. The first-order valence-electron chi connectivity index (χ1n) is 4.38. The van der Waals surface area contributed by atoms with Gasteiger partial charge in [0.15, 0.2) is 0 Å². The highest BCUT2D eigenvalue weighted by Gasteiger charge is 2.02. The van der Waals surface area contributed by atoms with Crippen molar-refractivity contribution in [1.82, 2.24) is 5.32 Å². The third-order valence-electron chi connectivity index (χ3n) is 1.74. The van der Waals surface area contributed by atoms with Gasteiger partial charge >= 0.3 is 0 Å². The molecular weight excluding hydrogens is 168 g/mol. The molecule has 0 rings (SSSR count). The SMILES string of the molecule is C=CCNC(CN)CCCSC. The van der Waals surface area contributed by atoms with E-state index in [0.29, 0.717) is 6.04 Å². The van der Waals surface area contributed by atoms with Crippen LogP contribution in [0.4, 0.5) is 0 Å². The smallest absolute Gasteiger partial charge is 0.0193 e. The summed E-state index contributed by atoms with van der Waals surface area (Å²) in [5.41, 5.74) is 5.59. The highest BCUT2D eigenvalue weighted by Crippen LogP contribution is 2.01. The summed E-state index contributed by atoms with van der Waals surface area (Å²) in [6.07, 6.45) is 6.42. The summed E-state index contributed by atoms with van der Waals surface area (Å²) in [5.74, 6) is 1.23. The number of nitrogens with one attached hydrogen (secondary N) is 1. The van der Waals surface area contributed by atoms with Gasteiger partial charge in [-0.15, -0.1) is 6.58 Å². The average molecular weight is 188 g/mol. The van der Waals surface area contributed by atoms with Gasteiger partial charge in [-0.1, -0.05) is 6.08 Å². The molecule has 0 aromatic carbocycles. The first-order chi connectivity index (χ1) is 5.85. The van der Waals surface area contributed by atoms with E-state index < -0.39 is 0 Å². The van der Waals surface area contributed by atoms with Crippen LogP contribution in [0.15, 0.2) is 12.7 Å².